The van der Waals surface area contributed by atoms with Crippen LogP contribution < -0.4 is 4.74 Å². The second-order valence-corrected chi connectivity index (χ2v) is 10.0. The average molecular weight is 453 g/mol. The SMILES string of the molecule is CCc1nc2sc3c(c2c2nnc(SCC(=O)c4ccc(OC)cc4)n12)CC[C@@H](C)C3. The molecule has 0 amide bonds. The van der Waals surface area contributed by atoms with Crippen LogP contribution in [0.1, 0.15) is 46.9 Å². The lowest BCUT2D eigenvalue weighted by Gasteiger charge is -2.17. The molecule has 31 heavy (non-hydrogen) atoms. The van der Waals surface area contributed by atoms with Crippen molar-refractivity contribution in [2.75, 3.05) is 12.9 Å². The molecule has 1 atom stereocenters. The minimum absolute atomic E-state index is 0.0541. The highest BCUT2D eigenvalue weighted by atomic mass is 32.2. The molecule has 5 rings (SSSR count). The quantitative estimate of drug-likeness (QED) is 0.303. The number of thioether (sulfide) groups is 1. The first kappa shape index (κ1) is 20.5. The van der Waals surface area contributed by atoms with Crippen LogP contribution in [0, 0.1) is 5.92 Å². The summed E-state index contributed by atoms with van der Waals surface area (Å²) in [5, 5.41) is 10.9. The van der Waals surface area contributed by atoms with E-state index in [1.807, 2.05) is 11.3 Å². The predicted octanol–water partition coefficient (Wildman–Crippen LogP) is 5.01. The normalized spacial score (nSPS) is 16.0. The van der Waals surface area contributed by atoms with Crippen molar-refractivity contribution in [3.8, 4) is 5.75 Å². The van der Waals surface area contributed by atoms with Crippen molar-refractivity contribution >= 4 is 44.7 Å². The molecule has 6 nitrogen and oxygen atoms in total. The molecule has 1 aliphatic carbocycles. The van der Waals surface area contributed by atoms with Crippen molar-refractivity contribution in [3.05, 3.63) is 46.1 Å². The molecule has 3 heterocycles. The van der Waals surface area contributed by atoms with Crippen LogP contribution in [0.2, 0.25) is 0 Å². The number of carbonyl (C=O) groups is 1. The van der Waals surface area contributed by atoms with Gasteiger partial charge in [0.2, 0.25) is 0 Å². The number of ketones is 1. The summed E-state index contributed by atoms with van der Waals surface area (Å²) in [6, 6.07) is 7.21. The molecule has 1 aromatic carbocycles. The van der Waals surface area contributed by atoms with Crippen LogP contribution in [0.15, 0.2) is 29.4 Å². The van der Waals surface area contributed by atoms with Crippen LogP contribution in [0.5, 0.6) is 5.75 Å². The van der Waals surface area contributed by atoms with Crippen molar-refractivity contribution in [2.24, 2.45) is 5.92 Å². The van der Waals surface area contributed by atoms with Crippen molar-refractivity contribution in [1.82, 2.24) is 19.6 Å². The van der Waals surface area contributed by atoms with E-state index in [1.54, 1.807) is 31.4 Å². The zero-order chi connectivity index (χ0) is 21.5. The highest BCUT2D eigenvalue weighted by Crippen LogP contribution is 2.39. The average Bonchev–Trinajstić information content (AvgIpc) is 3.37. The lowest BCUT2D eigenvalue weighted by Crippen LogP contribution is -2.09. The first-order valence-electron chi connectivity index (χ1n) is 10.6. The summed E-state index contributed by atoms with van der Waals surface area (Å²) in [6.07, 6.45) is 4.18. The van der Waals surface area contributed by atoms with Gasteiger partial charge < -0.3 is 4.74 Å². The summed E-state index contributed by atoms with van der Waals surface area (Å²) in [4.78, 5) is 20.2. The maximum atomic E-state index is 12.7. The smallest absolute Gasteiger partial charge is 0.197 e. The zero-order valence-electron chi connectivity index (χ0n) is 17.8. The summed E-state index contributed by atoms with van der Waals surface area (Å²) < 4.78 is 7.23. The summed E-state index contributed by atoms with van der Waals surface area (Å²) in [5.74, 6) is 2.75. The van der Waals surface area contributed by atoms with Gasteiger partial charge in [0, 0.05) is 16.9 Å². The Balaban J connectivity index is 1.49. The number of ether oxygens (including phenoxy) is 1. The Hall–Kier alpha value is -2.45. The molecule has 0 N–H and O–H groups in total. The molecule has 3 aromatic heterocycles. The Labute approximate surface area is 189 Å². The van der Waals surface area contributed by atoms with E-state index in [1.165, 1.54) is 28.6 Å². The summed E-state index contributed by atoms with van der Waals surface area (Å²) in [7, 11) is 1.62. The van der Waals surface area contributed by atoms with Crippen LogP contribution in [-0.2, 0) is 19.3 Å². The Kier molecular flexibility index (Phi) is 5.44. The van der Waals surface area contributed by atoms with E-state index in [4.69, 9.17) is 9.72 Å². The number of carbonyl (C=O) groups excluding carboxylic acids is 1. The van der Waals surface area contributed by atoms with Gasteiger partial charge in [-0.2, -0.15) is 0 Å². The van der Waals surface area contributed by atoms with Gasteiger partial charge in [-0.15, -0.1) is 21.5 Å². The van der Waals surface area contributed by atoms with Crippen LogP contribution in [-0.4, -0.2) is 38.2 Å². The molecule has 0 saturated heterocycles. The highest BCUT2D eigenvalue weighted by Gasteiger charge is 2.25. The number of Topliss-reactive ketones (excluding diaryl/α,β-unsaturated/α-hetero) is 1. The summed E-state index contributed by atoms with van der Waals surface area (Å²) in [6.45, 7) is 4.42. The molecule has 1 aliphatic rings. The van der Waals surface area contributed by atoms with E-state index >= 15 is 0 Å². The van der Waals surface area contributed by atoms with Gasteiger partial charge in [-0.1, -0.05) is 25.6 Å². The van der Waals surface area contributed by atoms with Crippen LogP contribution in [0.3, 0.4) is 0 Å². The predicted molar refractivity (Wildman–Crippen MR) is 125 cm³/mol. The van der Waals surface area contributed by atoms with E-state index < -0.39 is 0 Å². The second kappa shape index (κ2) is 8.24. The monoisotopic (exact) mass is 452 g/mol. The van der Waals surface area contributed by atoms with Gasteiger partial charge in [-0.05, 0) is 55.0 Å². The minimum atomic E-state index is 0.0541. The molecule has 0 spiro atoms. The Morgan fingerprint density at radius 1 is 1.29 bits per heavy atom. The maximum absolute atomic E-state index is 12.7. The molecule has 0 bridgehead atoms. The first-order valence-corrected chi connectivity index (χ1v) is 12.4. The molecule has 0 fully saturated rings. The highest BCUT2D eigenvalue weighted by molar-refractivity contribution is 7.99. The molecule has 0 aliphatic heterocycles. The first-order chi connectivity index (χ1) is 15.1. The standard InChI is InChI=1S/C23H24N4O2S2/c1-4-19-24-22-20(16-10-5-13(2)11-18(16)31-22)21-25-26-23(27(19)21)30-12-17(28)14-6-8-15(29-3)9-7-14/h6-9,13H,4-5,10-12H2,1-3H3/t13-/m1/s1. The van der Waals surface area contributed by atoms with Crippen molar-refractivity contribution in [1.29, 1.82) is 0 Å². The van der Waals surface area contributed by atoms with Crippen molar-refractivity contribution in [2.45, 2.75) is 44.7 Å². The largest absolute Gasteiger partial charge is 0.497 e. The number of nitrogens with zero attached hydrogens (tertiary/aromatic N) is 4. The molecule has 0 radical (unpaired) electrons. The molecular formula is C23H24N4O2S2. The maximum Gasteiger partial charge on any atom is 0.197 e. The van der Waals surface area contributed by atoms with E-state index in [0.717, 1.165) is 57.8 Å². The second-order valence-electron chi connectivity index (χ2n) is 8.00. The van der Waals surface area contributed by atoms with Gasteiger partial charge in [-0.3, -0.25) is 9.20 Å². The zero-order valence-corrected chi connectivity index (χ0v) is 19.5. The molecular weight excluding hydrogens is 428 g/mol. The number of hydrogen-bond acceptors (Lipinski definition) is 7. The summed E-state index contributed by atoms with van der Waals surface area (Å²) in [5.41, 5.74) is 2.95. The number of methoxy groups -OCH3 is 1. The third kappa shape index (κ3) is 3.61. The lowest BCUT2D eigenvalue weighted by atomic mass is 9.89. The summed E-state index contributed by atoms with van der Waals surface area (Å²) >= 11 is 3.23. The number of aryl methyl sites for hydroxylation is 2. The third-order valence-electron chi connectivity index (χ3n) is 5.90. The van der Waals surface area contributed by atoms with Crippen LogP contribution in [0.4, 0.5) is 0 Å². The van der Waals surface area contributed by atoms with Crippen LogP contribution >= 0.6 is 23.1 Å². The van der Waals surface area contributed by atoms with Gasteiger partial charge in [0.25, 0.3) is 0 Å². The van der Waals surface area contributed by atoms with E-state index in [2.05, 4.69) is 28.4 Å². The van der Waals surface area contributed by atoms with Crippen LogP contribution in [0.25, 0.3) is 15.9 Å². The van der Waals surface area contributed by atoms with Gasteiger partial charge in [0.05, 0.1) is 18.2 Å². The Bertz CT molecular complexity index is 1280. The number of hydrogen-bond donors (Lipinski definition) is 0. The fourth-order valence-electron chi connectivity index (χ4n) is 4.20. The topological polar surface area (TPSA) is 69.4 Å². The van der Waals surface area contributed by atoms with Crippen molar-refractivity contribution in [3.63, 3.8) is 0 Å². The third-order valence-corrected chi connectivity index (χ3v) is 7.98. The fourth-order valence-corrected chi connectivity index (χ4v) is 6.44. The number of fused-ring (bicyclic) bond motifs is 5. The lowest BCUT2D eigenvalue weighted by molar-refractivity contribution is 0.102. The molecule has 4 aromatic rings. The molecule has 0 saturated carbocycles. The fraction of sp³-hybridized carbons (Fsp3) is 0.391. The molecule has 160 valence electrons. The van der Waals surface area contributed by atoms with E-state index in [0.29, 0.717) is 11.3 Å². The minimum Gasteiger partial charge on any atom is -0.497 e. The van der Waals surface area contributed by atoms with Gasteiger partial charge >= 0.3 is 0 Å². The molecule has 0 unspecified atom stereocenters. The number of thiophene rings is 1. The van der Waals surface area contributed by atoms with Crippen molar-refractivity contribution < 1.29 is 9.53 Å². The number of rotatable bonds is 6. The number of aromatic nitrogens is 4. The Morgan fingerprint density at radius 3 is 2.84 bits per heavy atom. The van der Waals surface area contributed by atoms with Gasteiger partial charge in [0.1, 0.15) is 16.4 Å². The van der Waals surface area contributed by atoms with E-state index in [-0.39, 0.29) is 5.78 Å². The van der Waals surface area contributed by atoms with Gasteiger partial charge in [-0.25, -0.2) is 4.98 Å². The van der Waals surface area contributed by atoms with E-state index in [9.17, 15) is 4.79 Å². The molecule has 8 heteroatoms. The number of benzene rings is 1. The van der Waals surface area contributed by atoms with Gasteiger partial charge in [0.15, 0.2) is 16.6 Å². The Morgan fingerprint density at radius 2 is 2.10 bits per heavy atom.